The zero-order chi connectivity index (χ0) is 21.4. The molecule has 4 rings (SSSR count). The highest BCUT2D eigenvalue weighted by Crippen LogP contribution is 2.31. The molecule has 1 aromatic heterocycles. The maximum atomic E-state index is 13.4. The number of ether oxygens (including phenoxy) is 1. The van der Waals surface area contributed by atoms with Crippen LogP contribution in [0, 0.1) is 0 Å². The van der Waals surface area contributed by atoms with Gasteiger partial charge in [0, 0.05) is 9.50 Å². The number of carbonyl (C=O) groups is 1. The van der Waals surface area contributed by atoms with Crippen LogP contribution >= 0.6 is 38.9 Å². The summed E-state index contributed by atoms with van der Waals surface area (Å²) in [4.78, 5) is 31.1. The Morgan fingerprint density at radius 2 is 1.93 bits per heavy atom. The van der Waals surface area contributed by atoms with Crippen molar-refractivity contribution < 1.29 is 9.53 Å². The highest BCUT2D eigenvalue weighted by molar-refractivity contribution is 9.10. The van der Waals surface area contributed by atoms with Gasteiger partial charge in [0.25, 0.3) is 5.56 Å². The van der Waals surface area contributed by atoms with E-state index in [0.717, 1.165) is 15.6 Å². The largest absolute Gasteiger partial charge is 0.466 e. The Morgan fingerprint density at radius 3 is 2.60 bits per heavy atom. The lowest BCUT2D eigenvalue weighted by atomic mass is 9.96. The first kappa shape index (κ1) is 20.8. The van der Waals surface area contributed by atoms with Crippen LogP contribution in [0.25, 0.3) is 6.08 Å². The molecule has 2 aromatic carbocycles. The van der Waals surface area contributed by atoms with E-state index in [0.29, 0.717) is 25.6 Å². The summed E-state index contributed by atoms with van der Waals surface area (Å²) < 4.78 is 7.95. The van der Waals surface area contributed by atoms with E-state index in [2.05, 4.69) is 20.9 Å². The molecule has 0 amide bonds. The molecule has 2 heterocycles. The minimum Gasteiger partial charge on any atom is -0.466 e. The van der Waals surface area contributed by atoms with Gasteiger partial charge in [0.15, 0.2) is 4.80 Å². The summed E-state index contributed by atoms with van der Waals surface area (Å²) in [5.41, 5.74) is 2.17. The number of rotatable bonds is 3. The predicted octanol–water partition coefficient (Wildman–Crippen LogP) is 3.82. The van der Waals surface area contributed by atoms with Crippen molar-refractivity contribution >= 4 is 50.9 Å². The molecule has 1 atom stereocenters. The summed E-state index contributed by atoms with van der Waals surface area (Å²) in [6.07, 6.45) is 1.75. The molecule has 0 aliphatic carbocycles. The maximum Gasteiger partial charge on any atom is 0.338 e. The van der Waals surface area contributed by atoms with Crippen LogP contribution in [0.2, 0.25) is 5.02 Å². The van der Waals surface area contributed by atoms with Gasteiger partial charge in [0.2, 0.25) is 0 Å². The van der Waals surface area contributed by atoms with Crippen molar-refractivity contribution in [3.63, 3.8) is 0 Å². The van der Waals surface area contributed by atoms with Crippen LogP contribution in [0.15, 0.2) is 74.1 Å². The van der Waals surface area contributed by atoms with Crippen molar-refractivity contribution in [3.05, 3.63) is 100 Å². The van der Waals surface area contributed by atoms with Gasteiger partial charge in [0.1, 0.15) is 0 Å². The Morgan fingerprint density at radius 1 is 1.23 bits per heavy atom. The van der Waals surface area contributed by atoms with Gasteiger partial charge in [-0.05, 0) is 42.3 Å². The van der Waals surface area contributed by atoms with E-state index in [1.807, 2.05) is 42.5 Å². The van der Waals surface area contributed by atoms with Crippen molar-refractivity contribution in [2.24, 2.45) is 4.99 Å². The quantitative estimate of drug-likeness (QED) is 0.511. The van der Waals surface area contributed by atoms with Crippen molar-refractivity contribution in [2.75, 3.05) is 7.11 Å². The fourth-order valence-electron chi connectivity index (χ4n) is 3.39. The number of hydrogen-bond acceptors (Lipinski definition) is 5. The lowest BCUT2D eigenvalue weighted by molar-refractivity contribution is -0.136. The van der Waals surface area contributed by atoms with E-state index >= 15 is 0 Å². The normalized spacial score (nSPS) is 16.3. The van der Waals surface area contributed by atoms with E-state index < -0.39 is 12.0 Å². The Bertz CT molecular complexity index is 1360. The average Bonchev–Trinajstić information content (AvgIpc) is 3.03. The third kappa shape index (κ3) is 3.69. The van der Waals surface area contributed by atoms with Gasteiger partial charge < -0.3 is 4.74 Å². The van der Waals surface area contributed by atoms with Gasteiger partial charge in [-0.1, -0.05) is 69.2 Å². The molecule has 0 bridgehead atoms. The lowest BCUT2D eigenvalue weighted by Crippen LogP contribution is -2.39. The number of aromatic nitrogens is 1. The zero-order valence-electron chi connectivity index (χ0n) is 16.1. The predicted molar refractivity (Wildman–Crippen MR) is 121 cm³/mol. The molecule has 1 aliphatic rings. The summed E-state index contributed by atoms with van der Waals surface area (Å²) in [6.45, 7) is 1.75. The van der Waals surface area contributed by atoms with Crippen LogP contribution in [-0.4, -0.2) is 17.6 Å². The van der Waals surface area contributed by atoms with Crippen LogP contribution in [0.4, 0.5) is 0 Å². The second-order valence-corrected chi connectivity index (χ2v) is 8.98. The summed E-state index contributed by atoms with van der Waals surface area (Å²) in [6, 6.07) is 14.2. The second-order valence-electron chi connectivity index (χ2n) is 6.65. The number of carbonyl (C=O) groups excluding carboxylic acids is 1. The number of halogens is 2. The Balaban J connectivity index is 1.99. The molecule has 30 heavy (non-hydrogen) atoms. The molecular formula is C22H16BrClN2O3S. The Labute approximate surface area is 189 Å². The highest BCUT2D eigenvalue weighted by atomic mass is 79.9. The van der Waals surface area contributed by atoms with Crippen LogP contribution in [0.3, 0.4) is 0 Å². The van der Waals surface area contributed by atoms with Crippen LogP contribution < -0.4 is 14.9 Å². The summed E-state index contributed by atoms with van der Waals surface area (Å²) >= 11 is 11.0. The highest BCUT2D eigenvalue weighted by Gasteiger charge is 2.33. The van der Waals surface area contributed by atoms with Crippen LogP contribution in [0.1, 0.15) is 24.1 Å². The summed E-state index contributed by atoms with van der Waals surface area (Å²) in [7, 11) is 1.32. The van der Waals surface area contributed by atoms with Crippen LogP contribution in [0.5, 0.6) is 0 Å². The first-order chi connectivity index (χ1) is 14.4. The monoisotopic (exact) mass is 502 g/mol. The van der Waals surface area contributed by atoms with Crippen molar-refractivity contribution in [1.29, 1.82) is 0 Å². The minimum absolute atomic E-state index is 0.236. The van der Waals surface area contributed by atoms with Gasteiger partial charge >= 0.3 is 5.97 Å². The average molecular weight is 504 g/mol. The SMILES string of the molecule is COC(=O)C1=C(C)N=c2sc(=Cc3ccccc3Cl)c(=O)n2C1c1ccc(Br)cc1. The number of methoxy groups -OCH3 is 1. The van der Waals surface area contributed by atoms with Crippen molar-refractivity contribution in [1.82, 2.24) is 4.57 Å². The van der Waals surface area contributed by atoms with E-state index in [1.54, 1.807) is 23.6 Å². The number of hydrogen-bond donors (Lipinski definition) is 0. The minimum atomic E-state index is -0.629. The number of nitrogens with zero attached hydrogens (tertiary/aromatic N) is 2. The molecule has 0 N–H and O–H groups in total. The van der Waals surface area contributed by atoms with E-state index in [4.69, 9.17) is 16.3 Å². The van der Waals surface area contributed by atoms with E-state index in [9.17, 15) is 9.59 Å². The molecule has 0 fully saturated rings. The number of benzene rings is 2. The first-order valence-corrected chi connectivity index (χ1v) is 11.0. The van der Waals surface area contributed by atoms with Crippen molar-refractivity contribution in [2.45, 2.75) is 13.0 Å². The second kappa shape index (κ2) is 8.34. The first-order valence-electron chi connectivity index (χ1n) is 9.01. The molecule has 1 aliphatic heterocycles. The molecule has 0 radical (unpaired) electrons. The lowest BCUT2D eigenvalue weighted by Gasteiger charge is -2.24. The van der Waals surface area contributed by atoms with Crippen molar-refractivity contribution in [3.8, 4) is 0 Å². The van der Waals surface area contributed by atoms with Crippen LogP contribution in [-0.2, 0) is 9.53 Å². The third-order valence-corrected chi connectivity index (χ3v) is 6.66. The molecule has 152 valence electrons. The summed E-state index contributed by atoms with van der Waals surface area (Å²) in [5.74, 6) is -0.510. The Hall–Kier alpha value is -2.48. The maximum absolute atomic E-state index is 13.4. The number of fused-ring (bicyclic) bond motifs is 1. The molecule has 0 spiro atoms. The molecule has 0 saturated carbocycles. The van der Waals surface area contributed by atoms with Gasteiger partial charge in [0.05, 0.1) is 29.0 Å². The molecule has 3 aromatic rings. The van der Waals surface area contributed by atoms with Gasteiger partial charge in [-0.25, -0.2) is 9.79 Å². The van der Waals surface area contributed by atoms with E-state index in [1.165, 1.54) is 18.4 Å². The fraction of sp³-hybridized carbons (Fsp3) is 0.136. The number of allylic oxidation sites excluding steroid dienone is 1. The van der Waals surface area contributed by atoms with Gasteiger partial charge in [-0.2, -0.15) is 0 Å². The molecular weight excluding hydrogens is 488 g/mol. The number of thiazole rings is 1. The molecule has 8 heteroatoms. The van der Waals surface area contributed by atoms with Gasteiger partial charge in [-0.15, -0.1) is 0 Å². The molecule has 0 saturated heterocycles. The summed E-state index contributed by atoms with van der Waals surface area (Å²) in [5, 5.41) is 0.555. The number of esters is 1. The zero-order valence-corrected chi connectivity index (χ0v) is 19.2. The Kier molecular flexibility index (Phi) is 5.77. The topological polar surface area (TPSA) is 60.7 Å². The smallest absolute Gasteiger partial charge is 0.338 e. The van der Waals surface area contributed by atoms with E-state index in [-0.39, 0.29) is 5.56 Å². The third-order valence-electron chi connectivity index (χ3n) is 4.80. The standard InChI is InChI=1S/C22H16BrClN2O3S/c1-12-18(21(28)29-2)19(13-7-9-15(23)10-8-13)26-20(27)17(30-22(26)25-12)11-14-5-3-4-6-16(14)24/h3-11,19H,1-2H3. The molecule has 5 nitrogen and oxygen atoms in total. The van der Waals surface area contributed by atoms with Gasteiger partial charge in [-0.3, -0.25) is 9.36 Å². The fourth-order valence-corrected chi connectivity index (χ4v) is 4.88. The molecule has 1 unspecified atom stereocenters.